The summed E-state index contributed by atoms with van der Waals surface area (Å²) >= 11 is 0. The second kappa shape index (κ2) is 8.87. The number of rotatable bonds is 6. The van der Waals surface area contributed by atoms with Crippen molar-refractivity contribution in [2.45, 2.75) is 44.2 Å². The summed E-state index contributed by atoms with van der Waals surface area (Å²) in [5.74, 6) is 1.30. The third-order valence-electron chi connectivity index (χ3n) is 7.77. The van der Waals surface area contributed by atoms with E-state index in [1.165, 1.54) is 0 Å². The number of carbonyl (C=O) groups is 1. The molecule has 0 amide bonds. The van der Waals surface area contributed by atoms with Crippen LogP contribution in [0.2, 0.25) is 0 Å². The summed E-state index contributed by atoms with van der Waals surface area (Å²) in [5.41, 5.74) is 7.65. The molecule has 210 valence electrons. The maximum Gasteiger partial charge on any atom is 0.339 e. The molecule has 40 heavy (non-hydrogen) atoms. The van der Waals surface area contributed by atoms with Gasteiger partial charge in [-0.25, -0.2) is 4.79 Å². The molecule has 2 saturated heterocycles. The van der Waals surface area contributed by atoms with Crippen LogP contribution in [0.15, 0.2) is 30.3 Å². The van der Waals surface area contributed by atoms with Crippen molar-refractivity contribution >= 4 is 16.7 Å². The zero-order chi connectivity index (χ0) is 27.8. The normalized spacial score (nSPS) is 25.6. The van der Waals surface area contributed by atoms with Gasteiger partial charge in [0.05, 0.1) is 26.4 Å². The Morgan fingerprint density at radius 1 is 0.975 bits per heavy atom. The molecular formula is C29H29NO10. The largest absolute Gasteiger partial charge is 0.493 e. The van der Waals surface area contributed by atoms with Gasteiger partial charge in [-0.05, 0) is 49.1 Å². The maximum absolute atomic E-state index is 13.3. The molecule has 3 atom stereocenters. The molecule has 0 saturated carbocycles. The zero-order valence-electron chi connectivity index (χ0n) is 22.5. The van der Waals surface area contributed by atoms with Crippen LogP contribution < -0.4 is 29.4 Å². The van der Waals surface area contributed by atoms with E-state index in [9.17, 15) is 4.79 Å². The minimum Gasteiger partial charge on any atom is -0.493 e. The van der Waals surface area contributed by atoms with Gasteiger partial charge in [0.1, 0.15) is 18.0 Å². The Bertz CT molecular complexity index is 1550. The Morgan fingerprint density at radius 3 is 2.48 bits per heavy atom. The average Bonchev–Trinajstić information content (AvgIpc) is 3.70. The summed E-state index contributed by atoms with van der Waals surface area (Å²) in [6.07, 6.45) is -1.44. The van der Waals surface area contributed by atoms with E-state index in [1.807, 2.05) is 44.2 Å². The second-order valence-corrected chi connectivity index (χ2v) is 10.6. The van der Waals surface area contributed by atoms with Crippen molar-refractivity contribution in [3.05, 3.63) is 41.5 Å². The molecule has 0 radical (unpaired) electrons. The highest BCUT2D eigenvalue weighted by Crippen LogP contribution is 2.51. The molecule has 3 aromatic carbocycles. The standard InChI is InChI=1S/C29H29NO10/c1-28(2)39-25-27(35-12-29(25,11-30)40-28)38-24-16-9-20(33-4)19(32-3)8-15(16)22(23-17(24)10-34-26(23)31)14-5-6-18-21(7-14)37-13-36-18/h5-9,25,27H,10-13,30H2,1-4H3/t25-,27+,29+/m0/s1. The average molecular weight is 552 g/mol. The van der Waals surface area contributed by atoms with Gasteiger partial charge in [0.2, 0.25) is 13.1 Å². The highest BCUT2D eigenvalue weighted by molar-refractivity contribution is 6.14. The van der Waals surface area contributed by atoms with E-state index >= 15 is 0 Å². The quantitative estimate of drug-likeness (QED) is 0.452. The van der Waals surface area contributed by atoms with Crippen LogP contribution in [0.3, 0.4) is 0 Å². The van der Waals surface area contributed by atoms with E-state index in [4.69, 9.17) is 48.4 Å². The predicted molar refractivity (Wildman–Crippen MR) is 140 cm³/mol. The molecule has 3 aromatic rings. The van der Waals surface area contributed by atoms with Crippen LogP contribution in [0.4, 0.5) is 0 Å². The Morgan fingerprint density at radius 2 is 1.73 bits per heavy atom. The topological polar surface area (TPSA) is 126 Å². The Hall–Kier alpha value is -3.77. The second-order valence-electron chi connectivity index (χ2n) is 10.6. The van der Waals surface area contributed by atoms with Gasteiger partial charge >= 0.3 is 5.97 Å². The fraction of sp³-hybridized carbons (Fsp3) is 0.414. The molecule has 4 aliphatic heterocycles. The van der Waals surface area contributed by atoms with E-state index in [1.54, 1.807) is 14.2 Å². The summed E-state index contributed by atoms with van der Waals surface area (Å²) in [6, 6.07) is 9.20. The van der Waals surface area contributed by atoms with Crippen molar-refractivity contribution in [2.24, 2.45) is 5.73 Å². The number of nitrogens with two attached hydrogens (primary N) is 1. The van der Waals surface area contributed by atoms with E-state index in [0.29, 0.717) is 56.2 Å². The van der Waals surface area contributed by atoms with Gasteiger partial charge in [0.25, 0.3) is 0 Å². The van der Waals surface area contributed by atoms with Crippen LogP contribution in [0.5, 0.6) is 28.7 Å². The van der Waals surface area contributed by atoms with Crippen molar-refractivity contribution in [2.75, 3.05) is 34.2 Å². The van der Waals surface area contributed by atoms with E-state index in [2.05, 4.69) is 0 Å². The summed E-state index contributed by atoms with van der Waals surface area (Å²) in [7, 11) is 3.12. The summed E-state index contributed by atoms with van der Waals surface area (Å²) in [5, 5.41) is 1.37. The number of fused-ring (bicyclic) bond motifs is 4. The lowest BCUT2D eigenvalue weighted by atomic mass is 9.89. The van der Waals surface area contributed by atoms with Crippen molar-refractivity contribution in [1.82, 2.24) is 0 Å². The van der Waals surface area contributed by atoms with Crippen molar-refractivity contribution < 1.29 is 47.4 Å². The first-order valence-corrected chi connectivity index (χ1v) is 13.0. The molecule has 11 nitrogen and oxygen atoms in total. The monoisotopic (exact) mass is 551 g/mol. The minimum absolute atomic E-state index is 0.0214. The number of ether oxygens (including phenoxy) is 9. The fourth-order valence-corrected chi connectivity index (χ4v) is 6.03. The summed E-state index contributed by atoms with van der Waals surface area (Å²) in [6.45, 7) is 4.20. The molecule has 0 spiro atoms. The van der Waals surface area contributed by atoms with Gasteiger partial charge in [0, 0.05) is 23.1 Å². The highest BCUT2D eigenvalue weighted by atomic mass is 16.8. The maximum atomic E-state index is 13.3. The number of carbonyl (C=O) groups excluding carboxylic acids is 1. The zero-order valence-corrected chi connectivity index (χ0v) is 22.5. The van der Waals surface area contributed by atoms with Gasteiger partial charge in [-0.1, -0.05) is 6.07 Å². The first-order chi connectivity index (χ1) is 19.3. The molecule has 0 unspecified atom stereocenters. The molecule has 2 N–H and O–H groups in total. The van der Waals surface area contributed by atoms with Crippen molar-refractivity contribution in [3.63, 3.8) is 0 Å². The third kappa shape index (κ3) is 3.62. The Balaban J connectivity index is 1.45. The fourth-order valence-electron chi connectivity index (χ4n) is 6.03. The Kier molecular flexibility index (Phi) is 5.59. The Labute approximate surface area is 229 Å². The van der Waals surface area contributed by atoms with Gasteiger partial charge in [0.15, 0.2) is 34.9 Å². The molecule has 0 bridgehead atoms. The number of esters is 1. The molecule has 4 heterocycles. The summed E-state index contributed by atoms with van der Waals surface area (Å²) < 4.78 is 53.0. The van der Waals surface area contributed by atoms with Gasteiger partial charge in [-0.3, -0.25) is 0 Å². The first-order valence-electron chi connectivity index (χ1n) is 13.0. The number of benzene rings is 3. The molecule has 4 aliphatic rings. The van der Waals surface area contributed by atoms with Gasteiger partial charge in [-0.2, -0.15) is 0 Å². The molecule has 7 rings (SSSR count). The molecular weight excluding hydrogens is 522 g/mol. The number of hydrogen-bond donors (Lipinski definition) is 1. The van der Waals surface area contributed by atoms with Gasteiger partial charge in [-0.15, -0.1) is 0 Å². The third-order valence-corrected chi connectivity index (χ3v) is 7.77. The van der Waals surface area contributed by atoms with Crippen molar-refractivity contribution in [1.29, 1.82) is 0 Å². The molecule has 0 aromatic heterocycles. The lowest BCUT2D eigenvalue weighted by molar-refractivity contribution is -0.207. The van der Waals surface area contributed by atoms with Crippen LogP contribution in [0, 0.1) is 0 Å². The van der Waals surface area contributed by atoms with Crippen LogP contribution in [-0.4, -0.2) is 63.9 Å². The van der Waals surface area contributed by atoms with Crippen molar-refractivity contribution in [3.8, 4) is 39.9 Å². The van der Waals surface area contributed by atoms with Crippen LogP contribution >= 0.6 is 0 Å². The minimum atomic E-state index is -0.863. The van der Waals surface area contributed by atoms with Crippen LogP contribution in [-0.2, 0) is 25.6 Å². The highest BCUT2D eigenvalue weighted by Gasteiger charge is 2.61. The summed E-state index contributed by atoms with van der Waals surface area (Å²) in [4.78, 5) is 13.3. The van der Waals surface area contributed by atoms with Gasteiger partial charge < -0.3 is 48.4 Å². The lowest BCUT2D eigenvalue weighted by Gasteiger charge is -2.25. The first kappa shape index (κ1) is 25.2. The molecule has 2 fully saturated rings. The number of hydrogen-bond acceptors (Lipinski definition) is 11. The molecule has 11 heteroatoms. The SMILES string of the molecule is COc1cc2c(O[C@H]3OC[C@@]4(CN)OC(C)(C)O[C@@H]34)c3c(c(-c4ccc5c(c4)OCO5)c2cc1OC)C(=O)OC3. The number of cyclic esters (lactones) is 1. The predicted octanol–water partition coefficient (Wildman–Crippen LogP) is 3.51. The van der Waals surface area contributed by atoms with Crippen LogP contribution in [0.1, 0.15) is 29.8 Å². The number of methoxy groups -OCH3 is 2. The van der Waals surface area contributed by atoms with E-state index in [-0.39, 0.29) is 26.6 Å². The smallest absolute Gasteiger partial charge is 0.339 e. The van der Waals surface area contributed by atoms with Crippen LogP contribution in [0.25, 0.3) is 21.9 Å². The lowest BCUT2D eigenvalue weighted by Crippen LogP contribution is -2.48. The van der Waals surface area contributed by atoms with E-state index in [0.717, 1.165) is 5.56 Å². The molecule has 0 aliphatic carbocycles. The van der Waals surface area contributed by atoms with E-state index < -0.39 is 29.8 Å².